The quantitative estimate of drug-likeness (QED) is 0.514. The SMILES string of the molecule is Cc1noc(CCCNC(=O)CNC(=O)c2ccccc2I)n1. The third kappa shape index (κ3) is 5.62. The van der Waals surface area contributed by atoms with Crippen molar-refractivity contribution in [1.29, 1.82) is 0 Å². The van der Waals surface area contributed by atoms with E-state index in [4.69, 9.17) is 4.52 Å². The maximum atomic E-state index is 12.0. The highest BCUT2D eigenvalue weighted by atomic mass is 127. The third-order valence-corrected chi connectivity index (χ3v) is 3.93. The van der Waals surface area contributed by atoms with Crippen molar-refractivity contribution in [3.8, 4) is 0 Å². The third-order valence-electron chi connectivity index (χ3n) is 2.99. The number of aromatic nitrogens is 2. The van der Waals surface area contributed by atoms with Gasteiger partial charge in [0, 0.05) is 16.5 Å². The number of aryl methyl sites for hydroxylation is 2. The molecule has 0 atom stereocenters. The van der Waals surface area contributed by atoms with Gasteiger partial charge in [0.25, 0.3) is 5.91 Å². The first kappa shape index (κ1) is 17.4. The summed E-state index contributed by atoms with van der Waals surface area (Å²) in [6, 6.07) is 7.21. The molecule has 2 rings (SSSR count). The molecule has 122 valence electrons. The van der Waals surface area contributed by atoms with Gasteiger partial charge in [-0.2, -0.15) is 4.98 Å². The van der Waals surface area contributed by atoms with Crippen molar-refractivity contribution in [2.75, 3.05) is 13.1 Å². The molecular weight excluding hydrogens is 411 g/mol. The van der Waals surface area contributed by atoms with Crippen LogP contribution in [0.25, 0.3) is 0 Å². The molecule has 1 aromatic heterocycles. The van der Waals surface area contributed by atoms with Crippen molar-refractivity contribution in [2.45, 2.75) is 19.8 Å². The molecule has 0 radical (unpaired) electrons. The van der Waals surface area contributed by atoms with Crippen LogP contribution < -0.4 is 10.6 Å². The summed E-state index contributed by atoms with van der Waals surface area (Å²) in [6.45, 7) is 2.19. The first-order valence-electron chi connectivity index (χ1n) is 7.15. The van der Waals surface area contributed by atoms with E-state index in [1.807, 2.05) is 12.1 Å². The van der Waals surface area contributed by atoms with Crippen LogP contribution in [0.3, 0.4) is 0 Å². The Morgan fingerprint density at radius 3 is 2.74 bits per heavy atom. The minimum atomic E-state index is -0.258. The second-order valence-corrected chi connectivity index (χ2v) is 6.01. The average Bonchev–Trinajstić information content (AvgIpc) is 2.95. The summed E-state index contributed by atoms with van der Waals surface area (Å²) in [6.07, 6.45) is 1.30. The second-order valence-electron chi connectivity index (χ2n) is 4.85. The fourth-order valence-electron chi connectivity index (χ4n) is 1.87. The summed E-state index contributed by atoms with van der Waals surface area (Å²) >= 11 is 2.09. The summed E-state index contributed by atoms with van der Waals surface area (Å²) in [5, 5.41) is 9.03. The van der Waals surface area contributed by atoms with Gasteiger partial charge < -0.3 is 15.2 Å². The topological polar surface area (TPSA) is 97.1 Å². The Morgan fingerprint density at radius 2 is 2.04 bits per heavy atom. The van der Waals surface area contributed by atoms with Gasteiger partial charge in [0.2, 0.25) is 11.8 Å². The van der Waals surface area contributed by atoms with Crippen molar-refractivity contribution < 1.29 is 14.1 Å². The number of benzene rings is 1. The van der Waals surface area contributed by atoms with E-state index in [9.17, 15) is 9.59 Å². The molecule has 2 amide bonds. The Labute approximate surface area is 147 Å². The molecule has 0 bridgehead atoms. The van der Waals surface area contributed by atoms with Gasteiger partial charge in [-0.3, -0.25) is 9.59 Å². The molecule has 0 saturated carbocycles. The Kier molecular flexibility index (Phi) is 6.51. The zero-order valence-corrected chi connectivity index (χ0v) is 14.8. The fourth-order valence-corrected chi connectivity index (χ4v) is 2.50. The highest BCUT2D eigenvalue weighted by molar-refractivity contribution is 14.1. The minimum absolute atomic E-state index is 0.0521. The molecule has 0 aliphatic carbocycles. The van der Waals surface area contributed by atoms with Gasteiger partial charge in [-0.05, 0) is 48.1 Å². The number of rotatable bonds is 7. The van der Waals surface area contributed by atoms with Crippen molar-refractivity contribution in [2.24, 2.45) is 0 Å². The minimum Gasteiger partial charge on any atom is -0.355 e. The number of halogens is 1. The molecule has 0 fully saturated rings. The van der Waals surface area contributed by atoms with Gasteiger partial charge in [-0.15, -0.1) is 0 Å². The van der Waals surface area contributed by atoms with Crippen LogP contribution in [0.15, 0.2) is 28.8 Å². The van der Waals surface area contributed by atoms with Crippen LogP contribution in [-0.2, 0) is 11.2 Å². The van der Waals surface area contributed by atoms with Gasteiger partial charge in [-0.1, -0.05) is 17.3 Å². The van der Waals surface area contributed by atoms with Gasteiger partial charge >= 0.3 is 0 Å². The van der Waals surface area contributed by atoms with E-state index in [1.54, 1.807) is 19.1 Å². The monoisotopic (exact) mass is 428 g/mol. The standard InChI is InChI=1S/C15H17IN4O3/c1-10-19-14(23-20-10)7-4-8-17-13(21)9-18-15(22)11-5-2-3-6-12(11)16/h2-3,5-6H,4,7-9H2,1H3,(H,17,21)(H,18,22). The smallest absolute Gasteiger partial charge is 0.252 e. The van der Waals surface area contributed by atoms with Crippen LogP contribution in [0.5, 0.6) is 0 Å². The molecule has 1 aromatic carbocycles. The lowest BCUT2D eigenvalue weighted by Gasteiger charge is -2.07. The maximum absolute atomic E-state index is 12.0. The first-order valence-corrected chi connectivity index (χ1v) is 8.23. The van der Waals surface area contributed by atoms with E-state index in [2.05, 4.69) is 43.4 Å². The van der Waals surface area contributed by atoms with Gasteiger partial charge in [0.05, 0.1) is 12.1 Å². The van der Waals surface area contributed by atoms with Gasteiger partial charge in [0.15, 0.2) is 5.82 Å². The highest BCUT2D eigenvalue weighted by Crippen LogP contribution is 2.10. The molecule has 7 nitrogen and oxygen atoms in total. The Balaban J connectivity index is 1.65. The number of nitrogens with zero attached hydrogens (tertiary/aromatic N) is 2. The molecule has 2 aromatic rings. The lowest BCUT2D eigenvalue weighted by molar-refractivity contribution is -0.120. The summed E-state index contributed by atoms with van der Waals surface area (Å²) in [5.74, 6) is 0.670. The Hall–Kier alpha value is -1.97. The van der Waals surface area contributed by atoms with Gasteiger partial charge in [0.1, 0.15) is 0 Å². The fraction of sp³-hybridized carbons (Fsp3) is 0.333. The number of hydrogen-bond acceptors (Lipinski definition) is 5. The number of amides is 2. The molecule has 0 aliphatic heterocycles. The molecule has 0 spiro atoms. The summed E-state index contributed by atoms with van der Waals surface area (Å²) in [4.78, 5) is 27.7. The first-order chi connectivity index (χ1) is 11.1. The summed E-state index contributed by atoms with van der Waals surface area (Å²) in [5.41, 5.74) is 0.563. The lowest BCUT2D eigenvalue weighted by atomic mass is 10.2. The molecule has 1 heterocycles. The average molecular weight is 428 g/mol. The van der Waals surface area contributed by atoms with Crippen molar-refractivity contribution in [3.63, 3.8) is 0 Å². The largest absolute Gasteiger partial charge is 0.355 e. The summed E-state index contributed by atoms with van der Waals surface area (Å²) in [7, 11) is 0. The zero-order valence-electron chi connectivity index (χ0n) is 12.6. The lowest BCUT2D eigenvalue weighted by Crippen LogP contribution is -2.37. The molecule has 0 saturated heterocycles. The van der Waals surface area contributed by atoms with Crippen LogP contribution in [-0.4, -0.2) is 35.0 Å². The number of carbonyl (C=O) groups excluding carboxylic acids is 2. The van der Waals surface area contributed by atoms with Crippen molar-refractivity contribution in [3.05, 3.63) is 45.1 Å². The van der Waals surface area contributed by atoms with Crippen LogP contribution in [0.2, 0.25) is 0 Å². The van der Waals surface area contributed by atoms with Crippen LogP contribution >= 0.6 is 22.6 Å². The number of nitrogens with one attached hydrogen (secondary N) is 2. The number of hydrogen-bond donors (Lipinski definition) is 2. The van der Waals surface area contributed by atoms with Crippen molar-refractivity contribution >= 4 is 34.4 Å². The normalized spacial score (nSPS) is 10.3. The molecule has 23 heavy (non-hydrogen) atoms. The van der Waals surface area contributed by atoms with E-state index in [-0.39, 0.29) is 18.4 Å². The van der Waals surface area contributed by atoms with E-state index in [0.717, 1.165) is 3.57 Å². The summed E-state index contributed by atoms with van der Waals surface area (Å²) < 4.78 is 5.82. The molecule has 8 heteroatoms. The maximum Gasteiger partial charge on any atom is 0.252 e. The van der Waals surface area contributed by atoms with Crippen molar-refractivity contribution in [1.82, 2.24) is 20.8 Å². The zero-order chi connectivity index (χ0) is 16.7. The molecular formula is C15H17IN4O3. The Bertz CT molecular complexity index is 687. The van der Waals surface area contributed by atoms with Crippen LogP contribution in [0, 0.1) is 10.5 Å². The predicted octanol–water partition coefficient (Wildman–Crippen LogP) is 1.46. The number of carbonyl (C=O) groups is 2. The molecule has 0 aliphatic rings. The van der Waals surface area contributed by atoms with Gasteiger partial charge in [-0.25, -0.2) is 0 Å². The van der Waals surface area contributed by atoms with E-state index >= 15 is 0 Å². The molecule has 2 N–H and O–H groups in total. The second kappa shape index (κ2) is 8.61. The molecule has 0 unspecified atom stereocenters. The van der Waals surface area contributed by atoms with Crippen LogP contribution in [0.1, 0.15) is 28.5 Å². The van der Waals surface area contributed by atoms with Crippen LogP contribution in [0.4, 0.5) is 0 Å². The predicted molar refractivity (Wildman–Crippen MR) is 91.9 cm³/mol. The van der Waals surface area contributed by atoms with E-state index < -0.39 is 0 Å². The van der Waals surface area contributed by atoms with E-state index in [1.165, 1.54) is 0 Å². The highest BCUT2D eigenvalue weighted by Gasteiger charge is 2.10. The Morgan fingerprint density at radius 1 is 1.26 bits per heavy atom. The van der Waals surface area contributed by atoms with E-state index in [0.29, 0.717) is 36.7 Å².